The molecule has 0 spiro atoms. The Kier molecular flexibility index (Phi) is 7.00. The summed E-state index contributed by atoms with van der Waals surface area (Å²) in [6, 6.07) is 19.0. The van der Waals surface area contributed by atoms with Gasteiger partial charge in [-0.05, 0) is 54.3 Å². The summed E-state index contributed by atoms with van der Waals surface area (Å²) >= 11 is 0. The highest BCUT2D eigenvalue weighted by atomic mass is 19.1. The van der Waals surface area contributed by atoms with Gasteiger partial charge in [0, 0.05) is 16.7 Å². The number of carbonyl (C=O) groups excluding carboxylic acids is 2. The van der Waals surface area contributed by atoms with Crippen LogP contribution in [0.25, 0.3) is 22.3 Å². The number of hydrogen-bond donors (Lipinski definition) is 0. The highest BCUT2D eigenvalue weighted by molar-refractivity contribution is 5.89. The molecule has 0 aliphatic rings. The van der Waals surface area contributed by atoms with Crippen molar-refractivity contribution >= 4 is 11.9 Å². The summed E-state index contributed by atoms with van der Waals surface area (Å²) in [6.07, 6.45) is 0. The van der Waals surface area contributed by atoms with Crippen LogP contribution in [-0.4, -0.2) is 11.9 Å². The number of hydrogen-bond acceptors (Lipinski definition) is 4. The Hall–Kier alpha value is -3.99. The third kappa shape index (κ3) is 5.58. The minimum atomic E-state index is -0.492. The molecule has 0 heterocycles. The van der Waals surface area contributed by atoms with Crippen LogP contribution in [-0.2, 0) is 20.9 Å². The average molecular weight is 430 g/mol. The molecule has 32 heavy (non-hydrogen) atoms. The number of ether oxygens (including phenoxy) is 2. The van der Waals surface area contributed by atoms with E-state index in [0.717, 1.165) is 11.1 Å². The lowest BCUT2D eigenvalue weighted by Crippen LogP contribution is -2.07. The van der Waals surface area contributed by atoms with Crippen molar-refractivity contribution in [3.63, 3.8) is 0 Å². The molecule has 0 saturated heterocycles. The van der Waals surface area contributed by atoms with E-state index < -0.39 is 11.9 Å². The van der Waals surface area contributed by atoms with Crippen LogP contribution in [0.4, 0.5) is 4.39 Å². The van der Waals surface area contributed by atoms with Gasteiger partial charge in [0.05, 0.1) is 0 Å². The molecule has 3 aromatic rings. The third-order valence-corrected chi connectivity index (χ3v) is 4.70. The van der Waals surface area contributed by atoms with E-state index in [9.17, 15) is 14.0 Å². The van der Waals surface area contributed by atoms with Crippen LogP contribution >= 0.6 is 0 Å². The first-order valence-corrected chi connectivity index (χ1v) is 9.94. The van der Waals surface area contributed by atoms with Crippen LogP contribution in [0.5, 0.6) is 5.75 Å². The van der Waals surface area contributed by atoms with Crippen molar-refractivity contribution in [3.8, 4) is 28.0 Å². The zero-order chi connectivity index (χ0) is 23.3. The van der Waals surface area contributed by atoms with Gasteiger partial charge in [-0.3, -0.25) is 0 Å². The maximum absolute atomic E-state index is 14.8. The van der Waals surface area contributed by atoms with Crippen molar-refractivity contribution in [1.82, 2.24) is 0 Å². The van der Waals surface area contributed by atoms with E-state index in [1.165, 1.54) is 6.07 Å². The molecular weight excluding hydrogens is 407 g/mol. The fraction of sp³-hybridized carbons (Fsp3) is 0.111. The minimum absolute atomic E-state index is 0.130. The average Bonchev–Trinajstić information content (AvgIpc) is 2.78. The molecular formula is C27H23FO4. The second kappa shape index (κ2) is 9.88. The van der Waals surface area contributed by atoms with Gasteiger partial charge < -0.3 is 9.47 Å². The zero-order valence-electron chi connectivity index (χ0n) is 18.0. The van der Waals surface area contributed by atoms with Gasteiger partial charge in [-0.1, -0.05) is 61.7 Å². The van der Waals surface area contributed by atoms with E-state index in [4.69, 9.17) is 9.47 Å². The van der Waals surface area contributed by atoms with Crippen molar-refractivity contribution in [3.05, 3.63) is 102 Å². The fourth-order valence-corrected chi connectivity index (χ4v) is 2.89. The highest BCUT2D eigenvalue weighted by Crippen LogP contribution is 2.29. The van der Waals surface area contributed by atoms with Gasteiger partial charge in [0.1, 0.15) is 18.2 Å². The Morgan fingerprint density at radius 1 is 0.781 bits per heavy atom. The van der Waals surface area contributed by atoms with E-state index >= 15 is 0 Å². The standard InChI is InChI=1S/C27H23FO4/c1-17(2)26(29)31-16-19-5-7-21(8-6-19)24-14-11-22(15-25(24)28)20-9-12-23(13-10-20)32-27(30)18(3)4/h5-15H,1,3,16H2,2,4H3. The van der Waals surface area contributed by atoms with Crippen LogP contribution in [0.1, 0.15) is 19.4 Å². The second-order valence-electron chi connectivity index (χ2n) is 7.44. The number of esters is 2. The van der Waals surface area contributed by atoms with Gasteiger partial charge in [-0.15, -0.1) is 0 Å². The first-order chi connectivity index (χ1) is 15.2. The molecule has 0 radical (unpaired) electrons. The summed E-state index contributed by atoms with van der Waals surface area (Å²) in [7, 11) is 0. The van der Waals surface area contributed by atoms with Gasteiger partial charge >= 0.3 is 11.9 Å². The number of benzene rings is 3. The monoisotopic (exact) mass is 430 g/mol. The van der Waals surface area contributed by atoms with E-state index in [0.29, 0.717) is 33.6 Å². The van der Waals surface area contributed by atoms with Crippen molar-refractivity contribution in [2.24, 2.45) is 0 Å². The van der Waals surface area contributed by atoms with Crippen molar-refractivity contribution in [1.29, 1.82) is 0 Å². The smallest absolute Gasteiger partial charge is 0.338 e. The summed E-state index contributed by atoms with van der Waals surface area (Å²) in [6.45, 7) is 10.4. The predicted molar refractivity (Wildman–Crippen MR) is 122 cm³/mol. The fourth-order valence-electron chi connectivity index (χ4n) is 2.89. The first-order valence-electron chi connectivity index (χ1n) is 9.94. The molecule has 5 heteroatoms. The number of rotatable bonds is 7. The summed E-state index contributed by atoms with van der Waals surface area (Å²) in [5.74, 6) is -0.902. The number of carbonyl (C=O) groups is 2. The Labute approximate surface area is 186 Å². The van der Waals surface area contributed by atoms with Crippen molar-refractivity contribution in [2.45, 2.75) is 20.5 Å². The second-order valence-corrected chi connectivity index (χ2v) is 7.44. The van der Waals surface area contributed by atoms with Gasteiger partial charge in [-0.2, -0.15) is 0 Å². The Balaban J connectivity index is 1.72. The van der Waals surface area contributed by atoms with Crippen LogP contribution in [0, 0.1) is 5.82 Å². The van der Waals surface area contributed by atoms with Crippen LogP contribution in [0.2, 0.25) is 0 Å². The molecule has 0 atom stereocenters. The summed E-state index contributed by atoms with van der Waals surface area (Å²) in [4.78, 5) is 23.1. The molecule has 162 valence electrons. The predicted octanol–water partition coefficient (Wildman–Crippen LogP) is 6.26. The van der Waals surface area contributed by atoms with E-state index in [2.05, 4.69) is 13.2 Å². The van der Waals surface area contributed by atoms with E-state index in [-0.39, 0.29) is 12.4 Å². The lowest BCUT2D eigenvalue weighted by molar-refractivity contribution is -0.140. The molecule has 0 bridgehead atoms. The molecule has 3 rings (SSSR count). The summed E-state index contributed by atoms with van der Waals surface area (Å²) < 4.78 is 25.1. The Morgan fingerprint density at radius 2 is 1.34 bits per heavy atom. The normalized spacial score (nSPS) is 10.3. The minimum Gasteiger partial charge on any atom is -0.457 e. The topological polar surface area (TPSA) is 52.6 Å². The SMILES string of the molecule is C=C(C)C(=O)OCc1ccc(-c2ccc(-c3ccc(OC(=O)C(=C)C)cc3)cc2F)cc1. The van der Waals surface area contributed by atoms with Crippen molar-refractivity contribution < 1.29 is 23.5 Å². The molecule has 0 aliphatic carbocycles. The largest absolute Gasteiger partial charge is 0.457 e. The zero-order valence-corrected chi connectivity index (χ0v) is 18.0. The van der Waals surface area contributed by atoms with Gasteiger partial charge in [0.15, 0.2) is 0 Å². The molecule has 0 aromatic heterocycles. The van der Waals surface area contributed by atoms with Gasteiger partial charge in [0.2, 0.25) is 0 Å². The van der Waals surface area contributed by atoms with E-state index in [1.54, 1.807) is 68.4 Å². The molecule has 0 aliphatic heterocycles. The summed E-state index contributed by atoms with van der Waals surface area (Å²) in [5.41, 5.74) is 4.12. The maximum atomic E-state index is 14.8. The molecule has 0 unspecified atom stereocenters. The van der Waals surface area contributed by atoms with Gasteiger partial charge in [0.25, 0.3) is 0 Å². The lowest BCUT2D eigenvalue weighted by atomic mass is 9.99. The quantitative estimate of drug-likeness (QED) is 0.252. The van der Waals surface area contributed by atoms with Crippen molar-refractivity contribution in [2.75, 3.05) is 0 Å². The van der Waals surface area contributed by atoms with Gasteiger partial charge in [-0.25, -0.2) is 14.0 Å². The maximum Gasteiger partial charge on any atom is 0.338 e. The Morgan fingerprint density at radius 3 is 1.91 bits per heavy atom. The molecule has 0 saturated carbocycles. The number of halogens is 1. The molecule has 4 nitrogen and oxygen atoms in total. The molecule has 0 amide bonds. The van der Waals surface area contributed by atoms with Crippen LogP contribution in [0.15, 0.2) is 91.0 Å². The molecule has 0 fully saturated rings. The molecule has 0 N–H and O–H groups in total. The lowest BCUT2D eigenvalue weighted by Gasteiger charge is -2.09. The third-order valence-electron chi connectivity index (χ3n) is 4.70. The first kappa shape index (κ1) is 22.7. The van der Waals surface area contributed by atoms with E-state index in [1.807, 2.05) is 6.07 Å². The highest BCUT2D eigenvalue weighted by Gasteiger charge is 2.10. The van der Waals surface area contributed by atoms with Crippen LogP contribution in [0.3, 0.4) is 0 Å². The summed E-state index contributed by atoms with van der Waals surface area (Å²) in [5, 5.41) is 0. The Bertz CT molecular complexity index is 1180. The molecule has 3 aromatic carbocycles. The van der Waals surface area contributed by atoms with Crippen LogP contribution < -0.4 is 4.74 Å².